The Morgan fingerprint density at radius 3 is 2.97 bits per heavy atom. The number of pyridine rings is 1. The fourth-order valence-corrected chi connectivity index (χ4v) is 4.26. The molecule has 0 atom stereocenters. The first-order valence-electron chi connectivity index (χ1n) is 10.8. The number of nitrogen functional groups attached to an aromatic ring is 1. The third-order valence-corrected chi connectivity index (χ3v) is 5.78. The summed E-state index contributed by atoms with van der Waals surface area (Å²) in [7, 11) is 0. The number of H-pyrrole nitrogens is 1. The Morgan fingerprint density at radius 2 is 2.00 bits per heavy atom. The molecule has 0 radical (unpaired) electrons. The third kappa shape index (κ3) is 3.90. The Kier molecular flexibility index (Phi) is 4.73. The molecule has 0 unspecified atom stereocenters. The number of rotatable bonds is 6. The minimum Gasteiger partial charge on any atom is -0.457 e. The molecule has 2 aromatic carbocycles. The molecule has 9 nitrogen and oxygen atoms in total. The van der Waals surface area contributed by atoms with Crippen molar-refractivity contribution in [3.8, 4) is 11.5 Å². The van der Waals surface area contributed by atoms with Crippen molar-refractivity contribution in [2.45, 2.75) is 26.1 Å². The van der Waals surface area contributed by atoms with Crippen LogP contribution in [-0.2, 0) is 26.1 Å². The Bertz CT molecular complexity index is 1450. The molecule has 33 heavy (non-hydrogen) atoms. The quantitative estimate of drug-likeness (QED) is 0.372. The second kappa shape index (κ2) is 8.03. The zero-order valence-electron chi connectivity index (χ0n) is 17.8. The molecule has 4 N–H and O–H groups in total. The molecule has 0 spiro atoms. The van der Waals surface area contributed by atoms with Crippen LogP contribution in [0.2, 0.25) is 0 Å². The van der Waals surface area contributed by atoms with Crippen LogP contribution >= 0.6 is 0 Å². The predicted molar refractivity (Wildman–Crippen MR) is 124 cm³/mol. The molecule has 0 aliphatic carbocycles. The third-order valence-electron chi connectivity index (χ3n) is 5.78. The highest BCUT2D eigenvalue weighted by Crippen LogP contribution is 2.30. The van der Waals surface area contributed by atoms with Crippen LogP contribution in [0.25, 0.3) is 11.2 Å². The van der Waals surface area contributed by atoms with Crippen molar-refractivity contribution < 1.29 is 4.74 Å². The minimum absolute atomic E-state index is 0.430. The Morgan fingerprint density at radius 1 is 1.06 bits per heavy atom. The lowest BCUT2D eigenvalue weighted by Crippen LogP contribution is -2.02. The van der Waals surface area contributed by atoms with Crippen LogP contribution in [0.15, 0.2) is 60.8 Å². The van der Waals surface area contributed by atoms with E-state index in [0.717, 1.165) is 41.4 Å². The number of aromatic amines is 1. The number of hydrogen-bond acceptors (Lipinski definition) is 7. The Balaban J connectivity index is 1.18. The van der Waals surface area contributed by atoms with Crippen molar-refractivity contribution in [3.63, 3.8) is 0 Å². The largest absolute Gasteiger partial charge is 0.457 e. The fourth-order valence-electron chi connectivity index (χ4n) is 4.26. The lowest BCUT2D eigenvalue weighted by Gasteiger charge is -2.11. The Hall–Kier alpha value is -4.24. The molecule has 0 saturated carbocycles. The van der Waals surface area contributed by atoms with Gasteiger partial charge in [0.15, 0.2) is 5.65 Å². The van der Waals surface area contributed by atoms with Gasteiger partial charge in [0.05, 0.1) is 12.2 Å². The Labute approximate surface area is 189 Å². The predicted octanol–water partition coefficient (Wildman–Crippen LogP) is 3.17. The van der Waals surface area contributed by atoms with E-state index < -0.39 is 0 Å². The number of fused-ring (bicyclic) bond motifs is 2. The summed E-state index contributed by atoms with van der Waals surface area (Å²) in [6.07, 6.45) is 2.57. The van der Waals surface area contributed by atoms with E-state index in [1.165, 1.54) is 11.1 Å². The van der Waals surface area contributed by atoms with Gasteiger partial charge in [0.2, 0.25) is 0 Å². The molecule has 9 heteroatoms. The van der Waals surface area contributed by atoms with E-state index >= 15 is 0 Å². The maximum atomic E-state index is 6.22. The molecule has 0 saturated heterocycles. The number of anilines is 1. The first kappa shape index (κ1) is 19.4. The molecule has 6 rings (SSSR count). The second-order valence-corrected chi connectivity index (χ2v) is 8.14. The highest BCUT2D eigenvalue weighted by Gasteiger charge is 2.15. The van der Waals surface area contributed by atoms with Crippen LogP contribution in [0.4, 0.5) is 5.82 Å². The molecule has 1 aliphatic rings. The number of hydrogen-bond donors (Lipinski definition) is 3. The fraction of sp³-hybridized carbons (Fsp3) is 0.167. The summed E-state index contributed by atoms with van der Waals surface area (Å²) in [4.78, 5) is 4.21. The summed E-state index contributed by atoms with van der Waals surface area (Å²) in [6, 6.07) is 18.2. The van der Waals surface area contributed by atoms with Gasteiger partial charge in [-0.1, -0.05) is 29.5 Å². The number of aromatic nitrogens is 6. The first-order valence-corrected chi connectivity index (χ1v) is 10.8. The summed E-state index contributed by atoms with van der Waals surface area (Å²) in [6.45, 7) is 2.37. The van der Waals surface area contributed by atoms with Crippen molar-refractivity contribution in [3.05, 3.63) is 88.7 Å². The molecule has 1 aliphatic heterocycles. The zero-order valence-corrected chi connectivity index (χ0v) is 17.8. The van der Waals surface area contributed by atoms with Crippen LogP contribution in [0.3, 0.4) is 0 Å². The van der Waals surface area contributed by atoms with Crippen molar-refractivity contribution in [1.82, 2.24) is 35.5 Å². The summed E-state index contributed by atoms with van der Waals surface area (Å²) < 4.78 is 8.14. The van der Waals surface area contributed by atoms with E-state index in [1.54, 1.807) is 0 Å². The lowest BCUT2D eigenvalue weighted by molar-refractivity contribution is 0.475. The van der Waals surface area contributed by atoms with E-state index in [4.69, 9.17) is 15.6 Å². The van der Waals surface area contributed by atoms with Crippen molar-refractivity contribution in [2.75, 3.05) is 5.73 Å². The van der Waals surface area contributed by atoms with Crippen LogP contribution in [0, 0.1) is 0 Å². The van der Waals surface area contributed by atoms with Gasteiger partial charge in [-0.3, -0.25) is 4.68 Å². The van der Waals surface area contributed by atoms with E-state index in [9.17, 15) is 0 Å². The monoisotopic (exact) mass is 438 g/mol. The number of nitrogens with zero attached hydrogens (tertiary/aromatic N) is 5. The van der Waals surface area contributed by atoms with E-state index in [0.29, 0.717) is 29.9 Å². The van der Waals surface area contributed by atoms with Gasteiger partial charge in [0.25, 0.3) is 0 Å². The van der Waals surface area contributed by atoms with Crippen LogP contribution in [-0.4, -0.2) is 30.2 Å². The highest BCUT2D eigenvalue weighted by molar-refractivity contribution is 5.75. The van der Waals surface area contributed by atoms with Gasteiger partial charge >= 0.3 is 0 Å². The normalized spacial score (nSPS) is 12.8. The zero-order chi connectivity index (χ0) is 22.2. The number of nitrogens with two attached hydrogens (primary N) is 1. The summed E-state index contributed by atoms with van der Waals surface area (Å²) in [5, 5.41) is 18.8. The lowest BCUT2D eigenvalue weighted by atomic mass is 10.1. The summed E-state index contributed by atoms with van der Waals surface area (Å²) in [5.41, 5.74) is 12.7. The highest BCUT2D eigenvalue weighted by atomic mass is 16.5. The van der Waals surface area contributed by atoms with E-state index in [-0.39, 0.29) is 0 Å². The SMILES string of the molecule is Nc1cc(Cc2ccn(Cc3cccc(Oc4cccc5c4CNC5)c3)n2)c2nn[nH]c2n1. The molecule has 0 bridgehead atoms. The molecule has 0 amide bonds. The van der Waals surface area contributed by atoms with Crippen molar-refractivity contribution >= 4 is 17.0 Å². The first-order chi connectivity index (χ1) is 16.2. The van der Waals surface area contributed by atoms with Gasteiger partial charge in [0.1, 0.15) is 22.8 Å². The molecular weight excluding hydrogens is 416 g/mol. The second-order valence-electron chi connectivity index (χ2n) is 8.14. The number of benzene rings is 2. The molecule has 4 heterocycles. The number of nitrogens with one attached hydrogen (secondary N) is 2. The smallest absolute Gasteiger partial charge is 0.178 e. The maximum Gasteiger partial charge on any atom is 0.178 e. The molecule has 164 valence electrons. The van der Waals surface area contributed by atoms with Crippen LogP contribution < -0.4 is 15.8 Å². The van der Waals surface area contributed by atoms with Gasteiger partial charge in [-0.2, -0.15) is 5.10 Å². The van der Waals surface area contributed by atoms with E-state index in [2.05, 4.69) is 43.9 Å². The molecule has 3 aromatic heterocycles. The maximum absolute atomic E-state index is 6.22. The average molecular weight is 438 g/mol. The van der Waals surface area contributed by atoms with Crippen molar-refractivity contribution in [2.24, 2.45) is 0 Å². The van der Waals surface area contributed by atoms with Gasteiger partial charge in [0, 0.05) is 31.3 Å². The molecular formula is C24H22N8O. The topological polar surface area (TPSA) is 120 Å². The summed E-state index contributed by atoms with van der Waals surface area (Å²) in [5.74, 6) is 2.16. The number of ether oxygens (including phenoxy) is 1. The molecule has 0 fully saturated rings. The van der Waals surface area contributed by atoms with Gasteiger partial charge in [-0.25, -0.2) is 10.1 Å². The van der Waals surface area contributed by atoms with Crippen molar-refractivity contribution in [1.29, 1.82) is 0 Å². The summed E-state index contributed by atoms with van der Waals surface area (Å²) >= 11 is 0. The van der Waals surface area contributed by atoms with Gasteiger partial charge < -0.3 is 15.8 Å². The van der Waals surface area contributed by atoms with Gasteiger partial charge in [-0.05, 0) is 47.0 Å². The van der Waals surface area contributed by atoms with Crippen LogP contribution in [0.5, 0.6) is 11.5 Å². The molecule has 5 aromatic rings. The van der Waals surface area contributed by atoms with Gasteiger partial charge in [-0.15, -0.1) is 5.10 Å². The van der Waals surface area contributed by atoms with Crippen LogP contribution in [0.1, 0.15) is 27.9 Å². The minimum atomic E-state index is 0.430. The average Bonchev–Trinajstić information content (AvgIpc) is 3.55. The standard InChI is InChI=1S/C24H22N8O/c25-22-11-17(23-24(27-22)29-31-28-23)10-18-7-8-32(30-18)14-15-3-1-5-19(9-15)33-21-6-2-4-16-12-26-13-20(16)21/h1-9,11,26H,10,12-14H2,(H3,25,27,28,29,31). The van der Waals surface area contributed by atoms with E-state index in [1.807, 2.05) is 47.3 Å².